The highest BCUT2D eigenvalue weighted by Crippen LogP contribution is 2.19. The van der Waals surface area contributed by atoms with Crippen molar-refractivity contribution in [3.05, 3.63) is 36.0 Å². The molecule has 2 rings (SSSR count). The molecule has 0 aliphatic carbocycles. The molecular formula is C25H37N5O5. The number of rotatable bonds is 13. The van der Waals surface area contributed by atoms with Gasteiger partial charge in [-0.2, -0.15) is 0 Å². The Morgan fingerprint density at radius 2 is 1.54 bits per heavy atom. The van der Waals surface area contributed by atoms with Gasteiger partial charge in [0.25, 0.3) is 0 Å². The van der Waals surface area contributed by atoms with Crippen molar-refractivity contribution in [1.29, 1.82) is 0 Å². The highest BCUT2D eigenvalue weighted by atomic mass is 16.4. The number of carboxylic acids is 1. The standard InChI is InChI=1S/C25H37N5O5/c1-14(2)9-18(26)23(33)29-21(11-16-12-27-19-8-6-5-7-17(16)19)25(35)30-20(10-15(3)4)24(34)28-13-22(31)32/h5-8,12,14-15,18,20-21,27H,9-11,13,26H2,1-4H3,(H,28,34)(H,29,33)(H,30,35)(H,31,32). The van der Waals surface area contributed by atoms with Gasteiger partial charge in [-0.25, -0.2) is 0 Å². The van der Waals surface area contributed by atoms with E-state index in [0.29, 0.717) is 12.8 Å². The first kappa shape index (κ1) is 27.8. The summed E-state index contributed by atoms with van der Waals surface area (Å²) < 4.78 is 0. The number of carbonyl (C=O) groups is 4. The van der Waals surface area contributed by atoms with E-state index in [1.54, 1.807) is 6.20 Å². The normalized spacial score (nSPS) is 13.9. The molecule has 0 bridgehead atoms. The van der Waals surface area contributed by atoms with Gasteiger partial charge in [0.2, 0.25) is 17.7 Å². The number of carboxylic acid groups (broad SMARTS) is 1. The Kier molecular flexibility index (Phi) is 10.3. The molecule has 0 saturated carbocycles. The van der Waals surface area contributed by atoms with Crippen LogP contribution in [0.25, 0.3) is 10.9 Å². The maximum atomic E-state index is 13.3. The number of aromatic amines is 1. The van der Waals surface area contributed by atoms with Gasteiger partial charge in [-0.05, 0) is 36.3 Å². The van der Waals surface area contributed by atoms with Crippen LogP contribution < -0.4 is 21.7 Å². The predicted octanol–water partition coefficient (Wildman–Crippen LogP) is 1.30. The molecule has 7 N–H and O–H groups in total. The lowest BCUT2D eigenvalue weighted by Gasteiger charge is -2.25. The molecule has 3 amide bonds. The van der Waals surface area contributed by atoms with E-state index in [2.05, 4.69) is 20.9 Å². The van der Waals surface area contributed by atoms with Crippen LogP contribution in [0, 0.1) is 11.8 Å². The van der Waals surface area contributed by atoms with Crippen molar-refractivity contribution in [2.75, 3.05) is 6.54 Å². The van der Waals surface area contributed by atoms with Gasteiger partial charge in [0, 0.05) is 23.5 Å². The monoisotopic (exact) mass is 487 g/mol. The second-order valence-corrected chi connectivity index (χ2v) is 9.66. The first-order chi connectivity index (χ1) is 16.5. The third kappa shape index (κ3) is 8.71. The van der Waals surface area contributed by atoms with E-state index in [-0.39, 0.29) is 18.3 Å². The van der Waals surface area contributed by atoms with E-state index in [9.17, 15) is 19.2 Å². The van der Waals surface area contributed by atoms with Crippen molar-refractivity contribution in [2.24, 2.45) is 17.6 Å². The third-order valence-electron chi connectivity index (χ3n) is 5.55. The molecule has 10 heteroatoms. The number of hydrogen-bond donors (Lipinski definition) is 6. The summed E-state index contributed by atoms with van der Waals surface area (Å²) in [6, 6.07) is 4.90. The summed E-state index contributed by atoms with van der Waals surface area (Å²) in [6.45, 7) is 7.13. The van der Waals surface area contributed by atoms with Gasteiger partial charge in [-0.15, -0.1) is 0 Å². The lowest BCUT2D eigenvalue weighted by atomic mass is 9.99. The zero-order valence-electron chi connectivity index (χ0n) is 20.8. The number of nitrogens with one attached hydrogen (secondary N) is 4. The minimum atomic E-state index is -1.18. The van der Waals surface area contributed by atoms with Gasteiger partial charge in [-0.1, -0.05) is 45.9 Å². The molecule has 0 aliphatic heterocycles. The van der Waals surface area contributed by atoms with Gasteiger partial charge in [-0.3, -0.25) is 19.2 Å². The largest absolute Gasteiger partial charge is 0.480 e. The minimum Gasteiger partial charge on any atom is -0.480 e. The predicted molar refractivity (Wildman–Crippen MR) is 133 cm³/mol. The molecule has 192 valence electrons. The van der Waals surface area contributed by atoms with Gasteiger partial charge >= 0.3 is 5.97 Å². The number of hydrogen-bond acceptors (Lipinski definition) is 5. The highest BCUT2D eigenvalue weighted by molar-refractivity contribution is 5.94. The maximum Gasteiger partial charge on any atom is 0.322 e. The molecule has 3 atom stereocenters. The molecule has 3 unspecified atom stereocenters. The minimum absolute atomic E-state index is 0.0528. The van der Waals surface area contributed by atoms with Crippen LogP contribution in [0.5, 0.6) is 0 Å². The Morgan fingerprint density at radius 3 is 2.17 bits per heavy atom. The maximum absolute atomic E-state index is 13.3. The van der Waals surface area contributed by atoms with Crippen LogP contribution in [-0.2, 0) is 25.6 Å². The molecule has 10 nitrogen and oxygen atoms in total. The fraction of sp³-hybridized carbons (Fsp3) is 0.520. The number of benzene rings is 1. The van der Waals surface area contributed by atoms with E-state index in [1.165, 1.54) is 0 Å². The Labute approximate surface area is 205 Å². The van der Waals surface area contributed by atoms with Crippen LogP contribution >= 0.6 is 0 Å². The molecule has 0 saturated heterocycles. The van der Waals surface area contributed by atoms with E-state index >= 15 is 0 Å². The molecule has 0 aliphatic rings. The van der Waals surface area contributed by atoms with Crippen molar-refractivity contribution >= 4 is 34.6 Å². The highest BCUT2D eigenvalue weighted by Gasteiger charge is 2.29. The zero-order chi connectivity index (χ0) is 26.1. The lowest BCUT2D eigenvalue weighted by Crippen LogP contribution is -2.57. The molecule has 2 aromatic rings. The summed E-state index contributed by atoms with van der Waals surface area (Å²) in [4.78, 5) is 52.7. The number of nitrogens with two attached hydrogens (primary N) is 1. The van der Waals surface area contributed by atoms with Gasteiger partial charge < -0.3 is 31.8 Å². The fourth-order valence-electron chi connectivity index (χ4n) is 3.88. The van der Waals surface area contributed by atoms with Gasteiger partial charge in [0.05, 0.1) is 6.04 Å². The summed E-state index contributed by atoms with van der Waals surface area (Å²) in [5.41, 5.74) is 7.77. The Morgan fingerprint density at radius 1 is 0.914 bits per heavy atom. The Bertz CT molecular complexity index is 1030. The summed E-state index contributed by atoms with van der Waals surface area (Å²) in [7, 11) is 0. The average molecular weight is 488 g/mol. The summed E-state index contributed by atoms with van der Waals surface area (Å²) in [6.07, 6.45) is 2.73. The van der Waals surface area contributed by atoms with Crippen LogP contribution in [0.1, 0.15) is 46.1 Å². The van der Waals surface area contributed by atoms with Crippen molar-refractivity contribution in [1.82, 2.24) is 20.9 Å². The first-order valence-electron chi connectivity index (χ1n) is 11.9. The summed E-state index contributed by atoms with van der Waals surface area (Å²) in [5, 5.41) is 17.6. The van der Waals surface area contributed by atoms with Crippen LogP contribution in [0.4, 0.5) is 0 Å². The molecule has 0 spiro atoms. The smallest absolute Gasteiger partial charge is 0.322 e. The van der Waals surface area contributed by atoms with Crippen LogP contribution in [-0.4, -0.2) is 58.5 Å². The zero-order valence-corrected chi connectivity index (χ0v) is 20.8. The summed E-state index contributed by atoms with van der Waals surface area (Å²) >= 11 is 0. The molecule has 1 aromatic carbocycles. The number of H-pyrrole nitrogens is 1. The number of aliphatic carboxylic acids is 1. The van der Waals surface area contributed by atoms with E-state index < -0.39 is 48.4 Å². The Hall–Kier alpha value is -3.40. The molecule has 1 heterocycles. The number of fused-ring (bicyclic) bond motifs is 1. The molecule has 35 heavy (non-hydrogen) atoms. The second-order valence-electron chi connectivity index (χ2n) is 9.66. The van der Waals surface area contributed by atoms with Crippen molar-refractivity contribution in [3.8, 4) is 0 Å². The molecule has 0 radical (unpaired) electrons. The van der Waals surface area contributed by atoms with Crippen molar-refractivity contribution < 1.29 is 24.3 Å². The van der Waals surface area contributed by atoms with Gasteiger partial charge in [0.1, 0.15) is 18.6 Å². The SMILES string of the molecule is CC(C)CC(N)C(=O)NC(Cc1c[nH]c2ccccc12)C(=O)NC(CC(C)C)C(=O)NCC(=O)O. The van der Waals surface area contributed by atoms with E-state index in [0.717, 1.165) is 16.5 Å². The lowest BCUT2D eigenvalue weighted by molar-refractivity contribution is -0.138. The van der Waals surface area contributed by atoms with Crippen LogP contribution in [0.15, 0.2) is 30.5 Å². The van der Waals surface area contributed by atoms with E-state index in [4.69, 9.17) is 10.8 Å². The number of aromatic nitrogens is 1. The fourth-order valence-corrected chi connectivity index (χ4v) is 3.88. The average Bonchev–Trinajstić information content (AvgIpc) is 3.18. The number of carbonyl (C=O) groups excluding carboxylic acids is 3. The number of amides is 3. The third-order valence-corrected chi connectivity index (χ3v) is 5.55. The Balaban J connectivity index is 2.26. The van der Waals surface area contributed by atoms with Crippen molar-refractivity contribution in [2.45, 2.75) is 65.1 Å². The summed E-state index contributed by atoms with van der Waals surface area (Å²) in [5.74, 6) is -2.52. The molecule has 1 aromatic heterocycles. The first-order valence-corrected chi connectivity index (χ1v) is 11.9. The van der Waals surface area contributed by atoms with E-state index in [1.807, 2.05) is 52.0 Å². The quantitative estimate of drug-likeness (QED) is 0.249. The van der Waals surface area contributed by atoms with Crippen LogP contribution in [0.3, 0.4) is 0 Å². The second kappa shape index (κ2) is 12.9. The van der Waals surface area contributed by atoms with Crippen molar-refractivity contribution in [3.63, 3.8) is 0 Å². The molecule has 0 fully saturated rings. The van der Waals surface area contributed by atoms with Gasteiger partial charge in [0.15, 0.2) is 0 Å². The number of para-hydroxylation sites is 1. The topological polar surface area (TPSA) is 166 Å². The van der Waals surface area contributed by atoms with Crippen LogP contribution in [0.2, 0.25) is 0 Å². The molecular weight excluding hydrogens is 450 g/mol.